The fraction of sp³-hybridized carbons (Fsp3) is 0.391. The van der Waals surface area contributed by atoms with Gasteiger partial charge < -0.3 is 4.57 Å². The number of hydrogen-bond acceptors (Lipinski definition) is 3. The topological polar surface area (TPSA) is 42.3 Å². The summed E-state index contributed by atoms with van der Waals surface area (Å²) in [5.41, 5.74) is 8.05. The van der Waals surface area contributed by atoms with Crippen LogP contribution in [0.1, 0.15) is 53.9 Å². The fourth-order valence-electron chi connectivity index (χ4n) is 3.99. The fourth-order valence-corrected chi connectivity index (χ4v) is 4.91. The predicted octanol–water partition coefficient (Wildman–Crippen LogP) is 5.85. The molecule has 3 rings (SSSR count). The van der Waals surface area contributed by atoms with Gasteiger partial charge in [0.25, 0.3) is 11.1 Å². The standard InChI is InChI=1S/C23H28N2O2S/c1-8-16(5)25-22(26)20(28-23(25)27)12-19-11-17(6)24(18(19)7)21-14(3)9-13(2)10-15(21)4/h9-12,16H,8H2,1-7H3/b20-12+/t16-/m0/s1. The van der Waals surface area contributed by atoms with Gasteiger partial charge in [-0.3, -0.25) is 14.5 Å². The monoisotopic (exact) mass is 396 g/mol. The molecule has 1 saturated heterocycles. The molecule has 1 fully saturated rings. The summed E-state index contributed by atoms with van der Waals surface area (Å²) in [5.74, 6) is -0.183. The van der Waals surface area contributed by atoms with E-state index in [4.69, 9.17) is 0 Å². The molecule has 0 bridgehead atoms. The van der Waals surface area contributed by atoms with Crippen LogP contribution in [0.25, 0.3) is 11.8 Å². The van der Waals surface area contributed by atoms with Crippen LogP contribution in [0.2, 0.25) is 0 Å². The Kier molecular flexibility index (Phi) is 5.57. The third kappa shape index (κ3) is 3.44. The van der Waals surface area contributed by atoms with Gasteiger partial charge in [-0.15, -0.1) is 0 Å². The molecule has 5 heteroatoms. The number of thioether (sulfide) groups is 1. The number of benzene rings is 1. The molecule has 0 N–H and O–H groups in total. The Hall–Kier alpha value is -2.27. The Morgan fingerprint density at radius 2 is 1.64 bits per heavy atom. The van der Waals surface area contributed by atoms with E-state index in [1.165, 1.54) is 27.3 Å². The number of aromatic nitrogens is 1. The Balaban J connectivity index is 2.06. The number of aryl methyl sites for hydroxylation is 4. The molecule has 2 aromatic rings. The van der Waals surface area contributed by atoms with Gasteiger partial charge in [-0.05, 0) is 88.6 Å². The summed E-state index contributed by atoms with van der Waals surface area (Å²) in [5, 5.41) is -0.176. The number of imide groups is 1. The van der Waals surface area contributed by atoms with Gasteiger partial charge in [0, 0.05) is 17.4 Å². The second-order valence-corrected chi connectivity index (χ2v) is 8.71. The van der Waals surface area contributed by atoms with Crippen LogP contribution in [0.3, 0.4) is 0 Å². The zero-order chi connectivity index (χ0) is 20.7. The van der Waals surface area contributed by atoms with Crippen LogP contribution in [-0.2, 0) is 4.79 Å². The van der Waals surface area contributed by atoms with E-state index < -0.39 is 0 Å². The van der Waals surface area contributed by atoms with Crippen molar-refractivity contribution >= 4 is 29.0 Å². The lowest BCUT2D eigenvalue weighted by molar-refractivity contribution is -0.124. The lowest BCUT2D eigenvalue weighted by Crippen LogP contribution is -2.36. The summed E-state index contributed by atoms with van der Waals surface area (Å²) in [4.78, 5) is 26.9. The van der Waals surface area contributed by atoms with E-state index in [9.17, 15) is 9.59 Å². The maximum atomic E-state index is 12.7. The van der Waals surface area contributed by atoms with Crippen molar-refractivity contribution in [2.45, 2.75) is 60.9 Å². The van der Waals surface area contributed by atoms with Gasteiger partial charge in [0.15, 0.2) is 0 Å². The zero-order valence-corrected chi connectivity index (χ0v) is 18.5. The minimum absolute atomic E-state index is 0.0799. The van der Waals surface area contributed by atoms with Crippen LogP contribution in [0.15, 0.2) is 23.1 Å². The highest BCUT2D eigenvalue weighted by Gasteiger charge is 2.37. The molecule has 0 saturated carbocycles. The highest BCUT2D eigenvalue weighted by atomic mass is 32.2. The minimum Gasteiger partial charge on any atom is -0.317 e. The van der Waals surface area contributed by atoms with Gasteiger partial charge in [-0.2, -0.15) is 0 Å². The first-order chi connectivity index (χ1) is 13.1. The van der Waals surface area contributed by atoms with Crippen molar-refractivity contribution in [2.24, 2.45) is 0 Å². The molecule has 1 aliphatic rings. The number of carbonyl (C=O) groups is 2. The Morgan fingerprint density at radius 3 is 2.21 bits per heavy atom. The van der Waals surface area contributed by atoms with Crippen molar-refractivity contribution in [2.75, 3.05) is 0 Å². The van der Waals surface area contributed by atoms with Crippen molar-refractivity contribution in [3.63, 3.8) is 0 Å². The van der Waals surface area contributed by atoms with E-state index in [2.05, 4.69) is 57.4 Å². The van der Waals surface area contributed by atoms with E-state index in [-0.39, 0.29) is 17.2 Å². The van der Waals surface area contributed by atoms with Crippen molar-refractivity contribution < 1.29 is 9.59 Å². The van der Waals surface area contributed by atoms with Crippen LogP contribution < -0.4 is 0 Å². The van der Waals surface area contributed by atoms with E-state index >= 15 is 0 Å². The molecular weight excluding hydrogens is 368 g/mol. The van der Waals surface area contributed by atoms with Crippen molar-refractivity contribution in [3.8, 4) is 5.69 Å². The number of rotatable bonds is 4. The minimum atomic E-state index is -0.183. The summed E-state index contributed by atoms with van der Waals surface area (Å²) in [7, 11) is 0. The van der Waals surface area contributed by atoms with Gasteiger partial charge >= 0.3 is 0 Å². The first-order valence-electron chi connectivity index (χ1n) is 9.69. The summed E-state index contributed by atoms with van der Waals surface area (Å²) >= 11 is 1.04. The molecule has 2 amide bonds. The molecule has 2 heterocycles. The second kappa shape index (κ2) is 7.63. The second-order valence-electron chi connectivity index (χ2n) is 7.72. The zero-order valence-electron chi connectivity index (χ0n) is 17.7. The molecule has 0 spiro atoms. The van der Waals surface area contributed by atoms with Crippen molar-refractivity contribution in [1.82, 2.24) is 9.47 Å². The summed E-state index contributed by atoms with van der Waals surface area (Å²) in [6, 6.07) is 6.39. The van der Waals surface area contributed by atoms with Crippen molar-refractivity contribution in [1.29, 1.82) is 0 Å². The van der Waals surface area contributed by atoms with Gasteiger partial charge in [0.05, 0.1) is 10.6 Å². The van der Waals surface area contributed by atoms with Crippen molar-refractivity contribution in [3.05, 3.63) is 56.7 Å². The number of amides is 2. The quantitative estimate of drug-likeness (QED) is 0.608. The van der Waals surface area contributed by atoms with Crippen LogP contribution in [-0.4, -0.2) is 26.7 Å². The van der Waals surface area contributed by atoms with E-state index in [1.807, 2.05) is 19.9 Å². The molecule has 1 aromatic heterocycles. The average Bonchev–Trinajstić information content (AvgIpc) is 3.03. The molecule has 0 aliphatic carbocycles. The van der Waals surface area contributed by atoms with Gasteiger partial charge in [0.1, 0.15) is 0 Å². The average molecular weight is 397 g/mol. The lowest BCUT2D eigenvalue weighted by atomic mass is 10.0. The lowest BCUT2D eigenvalue weighted by Gasteiger charge is -2.19. The predicted molar refractivity (Wildman–Crippen MR) is 117 cm³/mol. The first kappa shape index (κ1) is 20.5. The molecular formula is C23H28N2O2S. The van der Waals surface area contributed by atoms with Gasteiger partial charge in [-0.25, -0.2) is 0 Å². The maximum Gasteiger partial charge on any atom is 0.293 e. The highest BCUT2D eigenvalue weighted by molar-refractivity contribution is 8.18. The molecule has 1 aromatic carbocycles. The molecule has 148 valence electrons. The summed E-state index contributed by atoms with van der Waals surface area (Å²) in [6.07, 6.45) is 2.62. The van der Waals surface area contributed by atoms with Crippen LogP contribution in [0, 0.1) is 34.6 Å². The van der Waals surface area contributed by atoms with E-state index in [0.29, 0.717) is 4.91 Å². The molecule has 1 atom stereocenters. The normalized spacial score (nSPS) is 17.1. The Bertz CT molecular complexity index is 977. The molecule has 28 heavy (non-hydrogen) atoms. The number of nitrogens with zero attached hydrogens (tertiary/aromatic N) is 2. The first-order valence-corrected chi connectivity index (χ1v) is 10.5. The van der Waals surface area contributed by atoms with E-state index in [1.54, 1.807) is 0 Å². The number of hydrogen-bond donors (Lipinski definition) is 0. The molecule has 0 unspecified atom stereocenters. The van der Waals surface area contributed by atoms with Gasteiger partial charge in [0.2, 0.25) is 0 Å². The third-order valence-corrected chi connectivity index (χ3v) is 6.35. The van der Waals surface area contributed by atoms with Crippen LogP contribution in [0.5, 0.6) is 0 Å². The maximum absolute atomic E-state index is 12.7. The smallest absolute Gasteiger partial charge is 0.293 e. The molecule has 0 radical (unpaired) electrons. The van der Waals surface area contributed by atoms with Gasteiger partial charge in [-0.1, -0.05) is 24.6 Å². The summed E-state index contributed by atoms with van der Waals surface area (Å²) in [6.45, 7) is 14.4. The van der Waals surface area contributed by atoms with Crippen LogP contribution >= 0.6 is 11.8 Å². The largest absolute Gasteiger partial charge is 0.317 e. The number of carbonyl (C=O) groups excluding carboxylic acids is 2. The Labute approximate surface area is 171 Å². The highest BCUT2D eigenvalue weighted by Crippen LogP contribution is 2.36. The SMILES string of the molecule is CC[C@H](C)N1C(=O)S/C(=C/c2cc(C)n(-c3c(C)cc(C)cc3C)c2C)C1=O. The van der Waals surface area contributed by atoms with E-state index in [0.717, 1.165) is 35.1 Å². The molecule has 4 nitrogen and oxygen atoms in total. The molecule has 1 aliphatic heterocycles. The van der Waals surface area contributed by atoms with Crippen LogP contribution in [0.4, 0.5) is 4.79 Å². The Morgan fingerprint density at radius 1 is 1.04 bits per heavy atom. The summed E-state index contributed by atoms with van der Waals surface area (Å²) < 4.78 is 2.24. The third-order valence-electron chi connectivity index (χ3n) is 5.47.